The fourth-order valence-electron chi connectivity index (χ4n) is 4.26. The SMILES string of the molecule is Cc1ccc(C(C)(C)c2cccc(C(C)(C)c3ccc(NC(=O)CC(C)(C)C)cc3)c2)cc1. The van der Waals surface area contributed by atoms with Crippen molar-refractivity contribution in [1.29, 1.82) is 0 Å². The topological polar surface area (TPSA) is 29.1 Å². The molecule has 3 aromatic carbocycles. The molecule has 0 aliphatic rings. The van der Waals surface area contributed by atoms with Gasteiger partial charge in [-0.05, 0) is 46.7 Å². The van der Waals surface area contributed by atoms with Gasteiger partial charge in [-0.1, -0.05) is 115 Å². The Morgan fingerprint density at radius 2 is 1.12 bits per heavy atom. The fraction of sp³-hybridized carbons (Fsp3) is 0.387. The molecule has 3 aromatic rings. The van der Waals surface area contributed by atoms with E-state index < -0.39 is 0 Å². The first-order chi connectivity index (χ1) is 15.3. The highest BCUT2D eigenvalue weighted by molar-refractivity contribution is 5.91. The van der Waals surface area contributed by atoms with E-state index in [4.69, 9.17) is 0 Å². The van der Waals surface area contributed by atoms with Crippen LogP contribution in [0, 0.1) is 12.3 Å². The van der Waals surface area contributed by atoms with Crippen LogP contribution < -0.4 is 5.32 Å². The molecule has 2 nitrogen and oxygen atoms in total. The van der Waals surface area contributed by atoms with Crippen LogP contribution in [0.5, 0.6) is 0 Å². The summed E-state index contributed by atoms with van der Waals surface area (Å²) in [5, 5.41) is 3.03. The summed E-state index contributed by atoms with van der Waals surface area (Å²) in [7, 11) is 0. The third kappa shape index (κ3) is 5.93. The first-order valence-corrected chi connectivity index (χ1v) is 11.9. The summed E-state index contributed by atoms with van der Waals surface area (Å²) >= 11 is 0. The molecule has 0 aliphatic carbocycles. The van der Waals surface area contributed by atoms with Crippen molar-refractivity contribution < 1.29 is 4.79 Å². The molecule has 0 heterocycles. The second-order valence-electron chi connectivity index (χ2n) is 11.6. The zero-order valence-electron chi connectivity index (χ0n) is 21.5. The molecule has 0 fully saturated rings. The van der Waals surface area contributed by atoms with E-state index in [2.05, 4.69) is 121 Å². The second kappa shape index (κ2) is 9.17. The van der Waals surface area contributed by atoms with Crippen molar-refractivity contribution in [1.82, 2.24) is 0 Å². The lowest BCUT2D eigenvalue weighted by atomic mass is 9.73. The minimum absolute atomic E-state index is 0.0244. The van der Waals surface area contributed by atoms with E-state index >= 15 is 0 Å². The van der Waals surface area contributed by atoms with Gasteiger partial charge in [0.15, 0.2) is 0 Å². The van der Waals surface area contributed by atoms with Crippen molar-refractivity contribution in [2.45, 2.75) is 72.6 Å². The predicted octanol–water partition coefficient (Wildman–Crippen LogP) is 8.02. The Morgan fingerprint density at radius 1 is 0.667 bits per heavy atom. The number of rotatable bonds is 6. The van der Waals surface area contributed by atoms with E-state index in [1.165, 1.54) is 27.8 Å². The third-order valence-corrected chi connectivity index (χ3v) is 6.66. The van der Waals surface area contributed by atoms with Gasteiger partial charge in [0, 0.05) is 22.9 Å². The number of anilines is 1. The van der Waals surface area contributed by atoms with E-state index in [-0.39, 0.29) is 22.2 Å². The molecule has 3 rings (SSSR count). The van der Waals surface area contributed by atoms with Crippen molar-refractivity contribution >= 4 is 11.6 Å². The maximum absolute atomic E-state index is 12.3. The minimum Gasteiger partial charge on any atom is -0.326 e. The molecule has 0 saturated heterocycles. The molecule has 1 N–H and O–H groups in total. The number of amides is 1. The third-order valence-electron chi connectivity index (χ3n) is 6.66. The molecule has 0 unspecified atom stereocenters. The number of benzene rings is 3. The van der Waals surface area contributed by atoms with Crippen LogP contribution in [0.2, 0.25) is 0 Å². The zero-order valence-corrected chi connectivity index (χ0v) is 21.5. The van der Waals surface area contributed by atoms with Crippen LogP contribution in [-0.4, -0.2) is 5.91 Å². The van der Waals surface area contributed by atoms with Gasteiger partial charge in [0.25, 0.3) is 0 Å². The summed E-state index contributed by atoms with van der Waals surface area (Å²) in [5.74, 6) is 0.0561. The van der Waals surface area contributed by atoms with Crippen molar-refractivity contribution in [3.63, 3.8) is 0 Å². The van der Waals surface area contributed by atoms with Crippen LogP contribution >= 0.6 is 0 Å². The predicted molar refractivity (Wildman–Crippen MR) is 141 cm³/mol. The largest absolute Gasteiger partial charge is 0.326 e. The van der Waals surface area contributed by atoms with Crippen molar-refractivity contribution in [3.05, 3.63) is 101 Å². The highest BCUT2D eigenvalue weighted by Gasteiger charge is 2.28. The Balaban J connectivity index is 1.84. The van der Waals surface area contributed by atoms with Crippen molar-refractivity contribution in [3.8, 4) is 0 Å². The highest BCUT2D eigenvalue weighted by atomic mass is 16.1. The van der Waals surface area contributed by atoms with Crippen molar-refractivity contribution in [2.24, 2.45) is 5.41 Å². The number of aryl methyl sites for hydroxylation is 1. The number of carbonyl (C=O) groups is 1. The maximum Gasteiger partial charge on any atom is 0.224 e. The number of hydrogen-bond acceptors (Lipinski definition) is 1. The molecule has 0 aliphatic heterocycles. The van der Waals surface area contributed by atoms with E-state index in [9.17, 15) is 4.79 Å². The number of hydrogen-bond donors (Lipinski definition) is 1. The summed E-state index contributed by atoms with van der Waals surface area (Å²) in [5.41, 5.74) is 6.99. The van der Waals surface area contributed by atoms with Gasteiger partial charge in [0.2, 0.25) is 5.91 Å². The number of nitrogens with one attached hydrogen (secondary N) is 1. The molecule has 2 heteroatoms. The fourth-order valence-corrected chi connectivity index (χ4v) is 4.26. The molecular weight excluding hydrogens is 402 g/mol. The molecular formula is C31H39NO. The Kier molecular flexibility index (Phi) is 6.88. The minimum atomic E-state index is -0.159. The first-order valence-electron chi connectivity index (χ1n) is 11.9. The van der Waals surface area contributed by atoms with Crippen LogP contribution in [0.1, 0.15) is 82.7 Å². The van der Waals surface area contributed by atoms with Gasteiger partial charge in [-0.15, -0.1) is 0 Å². The van der Waals surface area contributed by atoms with Crippen molar-refractivity contribution in [2.75, 3.05) is 5.32 Å². The lowest BCUT2D eigenvalue weighted by molar-refractivity contribution is -0.117. The average Bonchev–Trinajstić information content (AvgIpc) is 2.73. The van der Waals surface area contributed by atoms with E-state index in [1.54, 1.807) is 0 Å². The Morgan fingerprint density at radius 3 is 1.58 bits per heavy atom. The molecule has 0 saturated carbocycles. The van der Waals surface area contributed by atoms with E-state index in [0.29, 0.717) is 6.42 Å². The normalized spacial score (nSPS) is 12.5. The highest BCUT2D eigenvalue weighted by Crippen LogP contribution is 2.37. The van der Waals surface area contributed by atoms with Gasteiger partial charge in [0.05, 0.1) is 0 Å². The quantitative estimate of drug-likeness (QED) is 0.412. The van der Waals surface area contributed by atoms with Gasteiger partial charge in [0.1, 0.15) is 0 Å². The summed E-state index contributed by atoms with van der Waals surface area (Å²) in [6.45, 7) is 17.5. The maximum atomic E-state index is 12.3. The van der Waals surface area contributed by atoms with Crippen LogP contribution in [0.25, 0.3) is 0 Å². The van der Waals surface area contributed by atoms with Gasteiger partial charge < -0.3 is 5.32 Å². The average molecular weight is 442 g/mol. The molecule has 0 aromatic heterocycles. The summed E-state index contributed by atoms with van der Waals surface area (Å²) in [6, 6.07) is 26.1. The summed E-state index contributed by atoms with van der Waals surface area (Å²) in [4.78, 5) is 12.3. The molecule has 174 valence electrons. The van der Waals surface area contributed by atoms with E-state index in [0.717, 1.165) is 5.69 Å². The van der Waals surface area contributed by atoms with Gasteiger partial charge in [-0.25, -0.2) is 0 Å². The smallest absolute Gasteiger partial charge is 0.224 e. The zero-order chi connectivity index (χ0) is 24.4. The lowest BCUT2D eigenvalue weighted by Crippen LogP contribution is -2.23. The second-order valence-corrected chi connectivity index (χ2v) is 11.6. The molecule has 0 spiro atoms. The molecule has 0 radical (unpaired) electrons. The first kappa shape index (κ1) is 24.8. The van der Waals surface area contributed by atoms with Crippen LogP contribution in [0.3, 0.4) is 0 Å². The van der Waals surface area contributed by atoms with E-state index in [1.807, 2.05) is 12.1 Å². The monoisotopic (exact) mass is 441 g/mol. The van der Waals surface area contributed by atoms with Gasteiger partial charge in [-0.2, -0.15) is 0 Å². The Bertz CT molecular complexity index is 1100. The standard InChI is InChI=1S/C31H39NO/c1-22-12-14-23(15-13-22)30(5,6)25-10-9-11-26(20-25)31(7,8)24-16-18-27(19-17-24)32-28(33)21-29(2,3)4/h9-20H,21H2,1-8H3,(H,32,33). The Labute approximate surface area is 200 Å². The molecule has 0 bridgehead atoms. The van der Waals surface area contributed by atoms with Gasteiger partial charge in [-0.3, -0.25) is 4.79 Å². The van der Waals surface area contributed by atoms with Crippen LogP contribution in [0.4, 0.5) is 5.69 Å². The summed E-state index contributed by atoms with van der Waals surface area (Å²) < 4.78 is 0. The van der Waals surface area contributed by atoms with Gasteiger partial charge >= 0.3 is 0 Å². The van der Waals surface area contributed by atoms with Crippen LogP contribution in [0.15, 0.2) is 72.8 Å². The molecule has 33 heavy (non-hydrogen) atoms. The summed E-state index contributed by atoms with van der Waals surface area (Å²) in [6.07, 6.45) is 0.504. The lowest BCUT2D eigenvalue weighted by Gasteiger charge is -2.31. The van der Waals surface area contributed by atoms with Crippen LogP contribution in [-0.2, 0) is 15.6 Å². The number of carbonyl (C=O) groups excluding carboxylic acids is 1. The molecule has 0 atom stereocenters. The molecule has 1 amide bonds. The Hall–Kier alpha value is -2.87.